The van der Waals surface area contributed by atoms with Gasteiger partial charge in [-0.05, 0) is 55.5 Å². The zero-order chi connectivity index (χ0) is 24.1. The van der Waals surface area contributed by atoms with Crippen molar-refractivity contribution in [1.29, 1.82) is 0 Å². The smallest absolute Gasteiger partial charge is 0.338 e. The van der Waals surface area contributed by atoms with Crippen molar-refractivity contribution >= 4 is 28.6 Å². The molecule has 0 aliphatic carbocycles. The van der Waals surface area contributed by atoms with Gasteiger partial charge in [-0.15, -0.1) is 0 Å². The lowest BCUT2D eigenvalue weighted by Crippen LogP contribution is -2.31. The fourth-order valence-corrected chi connectivity index (χ4v) is 5.40. The Bertz CT molecular complexity index is 1210. The largest absolute Gasteiger partial charge is 0.463 e. The average Bonchev–Trinajstić information content (AvgIpc) is 2.84. The highest BCUT2D eigenvalue weighted by Gasteiger charge is 2.32. The van der Waals surface area contributed by atoms with Crippen LogP contribution in [0.2, 0.25) is 0 Å². The van der Waals surface area contributed by atoms with Gasteiger partial charge in [0.1, 0.15) is 6.04 Å². The van der Waals surface area contributed by atoms with Gasteiger partial charge in [-0.1, -0.05) is 90.1 Å². The lowest BCUT2D eigenvalue weighted by molar-refractivity contribution is -0.138. The van der Waals surface area contributed by atoms with E-state index in [0.29, 0.717) is 12.2 Å². The standard InChI is InChI=1S/C29H30N2O2S/c1-5-33-28(32)25-26(22-12-8-6-9-13-22)30-29(31-27(25)23-14-10-7-11-15-23)34-18-24-20(3)16-19(2)17-21(24)4/h6-17,26H,5,18H2,1-4H3,(H,30,31)/t26-/m1/s1. The minimum atomic E-state index is -0.445. The molecule has 0 fully saturated rings. The number of nitrogens with zero attached hydrogens (tertiary/aromatic N) is 1. The lowest BCUT2D eigenvalue weighted by Gasteiger charge is -2.27. The van der Waals surface area contributed by atoms with Crippen molar-refractivity contribution < 1.29 is 9.53 Å². The van der Waals surface area contributed by atoms with E-state index in [1.54, 1.807) is 11.8 Å². The molecule has 0 unspecified atom stereocenters. The number of nitrogens with one attached hydrogen (secondary N) is 1. The summed E-state index contributed by atoms with van der Waals surface area (Å²) in [6, 6.07) is 23.9. The van der Waals surface area contributed by atoms with Crippen LogP contribution in [0.3, 0.4) is 0 Å². The summed E-state index contributed by atoms with van der Waals surface area (Å²) in [4.78, 5) is 18.2. The van der Waals surface area contributed by atoms with Crippen LogP contribution in [0.15, 0.2) is 83.4 Å². The Morgan fingerprint density at radius 2 is 1.59 bits per heavy atom. The number of benzene rings is 3. The molecule has 4 nitrogen and oxygen atoms in total. The van der Waals surface area contributed by atoms with Gasteiger partial charge in [0, 0.05) is 5.75 Å². The van der Waals surface area contributed by atoms with E-state index in [0.717, 1.165) is 27.7 Å². The SMILES string of the molecule is CCOC(=O)C1=C(c2ccccc2)NC(SCc2c(C)cc(C)cc2C)=N[C@@H]1c1ccccc1. The van der Waals surface area contributed by atoms with Crippen LogP contribution in [0, 0.1) is 20.8 Å². The molecule has 1 atom stereocenters. The number of carbonyl (C=O) groups is 1. The van der Waals surface area contributed by atoms with Crippen molar-refractivity contribution in [2.75, 3.05) is 6.61 Å². The van der Waals surface area contributed by atoms with Crippen LogP contribution in [0.5, 0.6) is 0 Å². The van der Waals surface area contributed by atoms with E-state index in [-0.39, 0.29) is 5.97 Å². The molecule has 34 heavy (non-hydrogen) atoms. The van der Waals surface area contributed by atoms with Gasteiger partial charge in [0.2, 0.25) is 0 Å². The first-order valence-electron chi connectivity index (χ1n) is 11.5. The predicted molar refractivity (Wildman–Crippen MR) is 142 cm³/mol. The number of amidine groups is 1. The zero-order valence-corrected chi connectivity index (χ0v) is 20.9. The van der Waals surface area contributed by atoms with E-state index < -0.39 is 6.04 Å². The molecule has 174 valence electrons. The number of carbonyl (C=O) groups excluding carboxylic acids is 1. The van der Waals surface area contributed by atoms with Gasteiger partial charge in [-0.25, -0.2) is 9.79 Å². The molecule has 1 aliphatic rings. The first-order chi connectivity index (χ1) is 16.5. The van der Waals surface area contributed by atoms with Crippen LogP contribution in [0.25, 0.3) is 5.70 Å². The molecule has 5 heteroatoms. The molecule has 0 spiro atoms. The van der Waals surface area contributed by atoms with E-state index in [1.807, 2.05) is 67.6 Å². The molecule has 0 saturated heterocycles. The van der Waals surface area contributed by atoms with Crippen LogP contribution in [-0.2, 0) is 15.3 Å². The number of ether oxygens (including phenoxy) is 1. The van der Waals surface area contributed by atoms with Crippen molar-refractivity contribution in [3.05, 3.63) is 112 Å². The predicted octanol–water partition coefficient (Wildman–Crippen LogP) is 6.52. The van der Waals surface area contributed by atoms with Crippen LogP contribution in [-0.4, -0.2) is 17.7 Å². The number of aryl methyl sites for hydroxylation is 3. The van der Waals surface area contributed by atoms with Gasteiger partial charge in [0.15, 0.2) is 5.17 Å². The van der Waals surface area contributed by atoms with E-state index >= 15 is 0 Å². The highest BCUT2D eigenvalue weighted by atomic mass is 32.2. The summed E-state index contributed by atoms with van der Waals surface area (Å²) in [7, 11) is 0. The van der Waals surface area contributed by atoms with Crippen molar-refractivity contribution in [2.24, 2.45) is 4.99 Å². The van der Waals surface area contributed by atoms with Crippen LogP contribution < -0.4 is 5.32 Å². The summed E-state index contributed by atoms with van der Waals surface area (Å²) in [6.45, 7) is 8.58. The monoisotopic (exact) mass is 470 g/mol. The molecule has 3 aromatic carbocycles. The Balaban J connectivity index is 1.76. The van der Waals surface area contributed by atoms with Crippen molar-refractivity contribution in [3.8, 4) is 0 Å². The van der Waals surface area contributed by atoms with Crippen molar-refractivity contribution in [2.45, 2.75) is 39.5 Å². The normalized spacial score (nSPS) is 15.5. The molecule has 0 amide bonds. The molecule has 1 aliphatic heterocycles. The van der Waals surface area contributed by atoms with Crippen LogP contribution >= 0.6 is 11.8 Å². The minimum absolute atomic E-state index is 0.309. The summed E-state index contributed by atoms with van der Waals surface area (Å²) >= 11 is 1.66. The van der Waals surface area contributed by atoms with Crippen molar-refractivity contribution in [1.82, 2.24) is 5.32 Å². The number of aliphatic imine (C=N–C) groups is 1. The number of rotatable bonds is 6. The molecule has 0 radical (unpaired) electrons. The zero-order valence-electron chi connectivity index (χ0n) is 20.1. The van der Waals surface area contributed by atoms with E-state index in [1.165, 1.54) is 22.3 Å². The van der Waals surface area contributed by atoms with E-state index in [4.69, 9.17) is 9.73 Å². The highest BCUT2D eigenvalue weighted by molar-refractivity contribution is 8.13. The third-order valence-corrected chi connectivity index (χ3v) is 6.80. The fraction of sp³-hybridized carbons (Fsp3) is 0.241. The maximum Gasteiger partial charge on any atom is 0.338 e. The number of hydrogen-bond donors (Lipinski definition) is 1. The summed E-state index contributed by atoms with van der Waals surface area (Å²) < 4.78 is 5.48. The summed E-state index contributed by atoms with van der Waals surface area (Å²) in [5, 5.41) is 4.26. The average molecular weight is 471 g/mol. The molecule has 0 bridgehead atoms. The topological polar surface area (TPSA) is 50.7 Å². The molecule has 3 aromatic rings. The molecule has 1 heterocycles. The maximum absolute atomic E-state index is 13.2. The summed E-state index contributed by atoms with van der Waals surface area (Å²) in [5.41, 5.74) is 8.34. The first kappa shape index (κ1) is 23.8. The highest BCUT2D eigenvalue weighted by Crippen LogP contribution is 2.37. The van der Waals surface area contributed by atoms with E-state index in [2.05, 4.69) is 38.2 Å². The second-order valence-corrected chi connectivity index (χ2v) is 9.38. The lowest BCUT2D eigenvalue weighted by atomic mass is 9.94. The molecular weight excluding hydrogens is 440 g/mol. The minimum Gasteiger partial charge on any atom is -0.463 e. The second kappa shape index (κ2) is 10.7. The van der Waals surface area contributed by atoms with Gasteiger partial charge in [0.25, 0.3) is 0 Å². The van der Waals surface area contributed by atoms with Crippen LogP contribution in [0.1, 0.15) is 46.3 Å². The van der Waals surface area contributed by atoms with Gasteiger partial charge < -0.3 is 10.1 Å². The Morgan fingerprint density at radius 3 is 2.21 bits per heavy atom. The summed E-state index contributed by atoms with van der Waals surface area (Å²) in [5.74, 6) is 0.447. The third-order valence-electron chi connectivity index (χ3n) is 5.89. The molecule has 4 rings (SSSR count). The Kier molecular flexibility index (Phi) is 7.53. The molecule has 1 N–H and O–H groups in total. The second-order valence-electron chi connectivity index (χ2n) is 8.41. The van der Waals surface area contributed by atoms with Gasteiger partial charge in [-0.2, -0.15) is 0 Å². The number of esters is 1. The Labute approximate surface area is 206 Å². The van der Waals surface area contributed by atoms with Gasteiger partial charge in [-0.3, -0.25) is 0 Å². The fourth-order valence-electron chi connectivity index (χ4n) is 4.31. The number of hydrogen-bond acceptors (Lipinski definition) is 5. The Morgan fingerprint density at radius 1 is 0.971 bits per heavy atom. The number of thioether (sulfide) groups is 1. The van der Waals surface area contributed by atoms with E-state index in [9.17, 15) is 4.79 Å². The molecule has 0 aromatic heterocycles. The molecule has 0 saturated carbocycles. The van der Waals surface area contributed by atoms with Crippen LogP contribution in [0.4, 0.5) is 0 Å². The first-order valence-corrected chi connectivity index (χ1v) is 12.5. The van der Waals surface area contributed by atoms with Crippen molar-refractivity contribution in [3.63, 3.8) is 0 Å². The maximum atomic E-state index is 13.2. The molecular formula is C29H30N2O2S. The van der Waals surface area contributed by atoms with Gasteiger partial charge in [0.05, 0.1) is 17.9 Å². The Hall–Kier alpha value is -3.31. The quantitative estimate of drug-likeness (QED) is 0.417. The summed E-state index contributed by atoms with van der Waals surface area (Å²) in [6.07, 6.45) is 0. The van der Waals surface area contributed by atoms with Gasteiger partial charge >= 0.3 is 5.97 Å². The third kappa shape index (κ3) is 5.26.